The maximum Gasteiger partial charge on any atom is 0.224 e. The minimum absolute atomic E-state index is 0.0525. The van der Waals surface area contributed by atoms with Gasteiger partial charge in [-0.25, -0.2) is 18.5 Å². The topological polar surface area (TPSA) is 98.3 Å². The van der Waals surface area contributed by atoms with Crippen LogP contribution in [0, 0.1) is 5.92 Å². The number of nitrogens with zero attached hydrogens (tertiary/aromatic N) is 3. The lowest BCUT2D eigenvalue weighted by atomic mass is 10.2. The van der Waals surface area contributed by atoms with Gasteiger partial charge in [0.1, 0.15) is 5.82 Å². The Kier molecular flexibility index (Phi) is 5.10. The Morgan fingerprint density at radius 1 is 1.36 bits per heavy atom. The van der Waals surface area contributed by atoms with Crippen molar-refractivity contribution in [2.24, 2.45) is 11.1 Å². The summed E-state index contributed by atoms with van der Waals surface area (Å²) in [5.74, 6) is 0.918. The number of aromatic nitrogens is 2. The zero-order valence-electron chi connectivity index (χ0n) is 14.4. The zero-order chi connectivity index (χ0) is 18.0. The van der Waals surface area contributed by atoms with Crippen molar-refractivity contribution in [3.63, 3.8) is 0 Å². The van der Waals surface area contributed by atoms with Crippen LogP contribution in [0.4, 0.5) is 0 Å². The van der Waals surface area contributed by atoms with E-state index in [1.54, 1.807) is 4.90 Å². The molecule has 1 aromatic carbocycles. The van der Waals surface area contributed by atoms with E-state index >= 15 is 0 Å². The molecule has 25 heavy (non-hydrogen) atoms. The van der Waals surface area contributed by atoms with E-state index in [9.17, 15) is 13.2 Å². The molecule has 136 valence electrons. The fraction of sp³-hybridized carbons (Fsp3) is 0.529. The van der Waals surface area contributed by atoms with Crippen LogP contribution in [0.25, 0.3) is 11.0 Å². The summed E-state index contributed by atoms with van der Waals surface area (Å²) in [5, 5.41) is 5.10. The molecule has 8 heteroatoms. The first-order valence-corrected chi connectivity index (χ1v) is 10.3. The molecule has 1 aliphatic rings. The van der Waals surface area contributed by atoms with Crippen LogP contribution in [0.1, 0.15) is 25.6 Å². The van der Waals surface area contributed by atoms with Crippen LogP contribution < -0.4 is 5.14 Å². The van der Waals surface area contributed by atoms with E-state index in [0.717, 1.165) is 23.3 Å². The van der Waals surface area contributed by atoms with Crippen molar-refractivity contribution in [2.75, 3.05) is 18.8 Å². The SMILES string of the molecule is CCc1nc2ccccc2n1CCC(=O)N1CCC(CS(N)(=O)=O)C1. The number of carbonyl (C=O) groups excluding carboxylic acids is 1. The highest BCUT2D eigenvalue weighted by atomic mass is 32.2. The zero-order valence-corrected chi connectivity index (χ0v) is 15.2. The minimum Gasteiger partial charge on any atom is -0.342 e. The van der Waals surface area contributed by atoms with E-state index in [1.165, 1.54) is 0 Å². The Morgan fingerprint density at radius 3 is 2.84 bits per heavy atom. The standard InChI is InChI=1S/C17H24N4O3S/c1-2-16-19-14-5-3-4-6-15(14)21(16)10-8-17(22)20-9-7-13(11-20)12-25(18,23)24/h3-6,13H,2,7-12H2,1H3,(H2,18,23,24). The van der Waals surface area contributed by atoms with Gasteiger partial charge in [-0.2, -0.15) is 0 Å². The molecule has 0 spiro atoms. The average molecular weight is 364 g/mol. The summed E-state index contributed by atoms with van der Waals surface area (Å²) in [5.41, 5.74) is 1.99. The van der Waals surface area contributed by atoms with E-state index in [0.29, 0.717) is 32.5 Å². The smallest absolute Gasteiger partial charge is 0.224 e. The first kappa shape index (κ1) is 17.9. The second-order valence-electron chi connectivity index (χ2n) is 6.60. The predicted molar refractivity (Wildman–Crippen MR) is 96.4 cm³/mol. The van der Waals surface area contributed by atoms with Crippen molar-refractivity contribution in [3.05, 3.63) is 30.1 Å². The molecular formula is C17H24N4O3S. The predicted octanol–water partition coefficient (Wildman–Crippen LogP) is 1.13. The molecule has 1 aromatic heterocycles. The average Bonchev–Trinajstić information content (AvgIpc) is 3.15. The lowest BCUT2D eigenvalue weighted by Crippen LogP contribution is -2.31. The van der Waals surface area contributed by atoms with E-state index in [-0.39, 0.29) is 17.6 Å². The number of likely N-dealkylation sites (tertiary alicyclic amines) is 1. The van der Waals surface area contributed by atoms with Gasteiger partial charge in [-0.3, -0.25) is 4.79 Å². The number of benzene rings is 1. The van der Waals surface area contributed by atoms with E-state index in [2.05, 4.69) is 16.5 Å². The first-order valence-electron chi connectivity index (χ1n) is 8.59. The molecule has 7 nitrogen and oxygen atoms in total. The van der Waals surface area contributed by atoms with Gasteiger partial charge in [0.05, 0.1) is 16.8 Å². The molecule has 2 heterocycles. The number of fused-ring (bicyclic) bond motifs is 1. The molecule has 1 fully saturated rings. The number of amides is 1. The van der Waals surface area contributed by atoms with Crippen LogP contribution in [-0.2, 0) is 27.8 Å². The minimum atomic E-state index is -3.49. The maximum atomic E-state index is 12.5. The maximum absolute atomic E-state index is 12.5. The summed E-state index contributed by atoms with van der Waals surface area (Å²) in [6.07, 6.45) is 1.88. The number of nitrogens with two attached hydrogens (primary N) is 1. The van der Waals surface area contributed by atoms with Crippen LogP contribution in [-0.4, -0.2) is 47.6 Å². The highest BCUT2D eigenvalue weighted by Crippen LogP contribution is 2.20. The number of hydrogen-bond acceptors (Lipinski definition) is 4. The normalized spacial score (nSPS) is 18.2. The Labute approximate surface area is 147 Å². The van der Waals surface area contributed by atoms with Crippen molar-refractivity contribution in [1.82, 2.24) is 14.5 Å². The number of rotatable bonds is 6. The second kappa shape index (κ2) is 7.13. The van der Waals surface area contributed by atoms with Gasteiger partial charge in [0.2, 0.25) is 15.9 Å². The largest absolute Gasteiger partial charge is 0.342 e. The summed E-state index contributed by atoms with van der Waals surface area (Å²) in [7, 11) is -3.49. The van der Waals surface area contributed by atoms with Crippen molar-refractivity contribution >= 4 is 27.0 Å². The number of sulfonamides is 1. The summed E-state index contributed by atoms with van der Waals surface area (Å²) in [6, 6.07) is 7.93. The molecule has 0 aliphatic carbocycles. The number of hydrogen-bond donors (Lipinski definition) is 1. The van der Waals surface area contributed by atoms with Gasteiger partial charge in [-0.15, -0.1) is 0 Å². The van der Waals surface area contributed by atoms with Crippen molar-refractivity contribution < 1.29 is 13.2 Å². The fourth-order valence-corrected chi connectivity index (χ4v) is 4.46. The highest BCUT2D eigenvalue weighted by molar-refractivity contribution is 7.89. The van der Waals surface area contributed by atoms with Crippen molar-refractivity contribution in [3.8, 4) is 0 Å². The summed E-state index contributed by atoms with van der Waals surface area (Å²) in [6.45, 7) is 3.71. The lowest BCUT2D eigenvalue weighted by molar-refractivity contribution is -0.130. The molecule has 0 bridgehead atoms. The summed E-state index contributed by atoms with van der Waals surface area (Å²) >= 11 is 0. The van der Waals surface area contributed by atoms with Gasteiger partial charge in [-0.05, 0) is 24.5 Å². The quantitative estimate of drug-likeness (QED) is 0.830. The Bertz CT molecular complexity index is 875. The van der Waals surface area contributed by atoms with Gasteiger partial charge >= 0.3 is 0 Å². The number of imidazole rings is 1. The molecular weight excluding hydrogens is 340 g/mol. The molecule has 1 amide bonds. The van der Waals surface area contributed by atoms with Crippen LogP contribution >= 0.6 is 0 Å². The van der Waals surface area contributed by atoms with Crippen molar-refractivity contribution in [2.45, 2.75) is 32.7 Å². The fourth-order valence-electron chi connectivity index (χ4n) is 3.53. The molecule has 3 rings (SSSR count). The monoisotopic (exact) mass is 364 g/mol. The summed E-state index contributed by atoms with van der Waals surface area (Å²) < 4.78 is 24.5. The molecule has 2 aromatic rings. The highest BCUT2D eigenvalue weighted by Gasteiger charge is 2.28. The Hall–Kier alpha value is -1.93. The van der Waals surface area contributed by atoms with Crippen molar-refractivity contribution in [1.29, 1.82) is 0 Å². The molecule has 1 saturated heterocycles. The number of aryl methyl sites for hydroxylation is 2. The van der Waals surface area contributed by atoms with Crippen LogP contribution in [0.3, 0.4) is 0 Å². The number of carbonyl (C=O) groups is 1. The molecule has 0 radical (unpaired) electrons. The number of primary sulfonamides is 1. The molecule has 1 atom stereocenters. The van der Waals surface area contributed by atoms with E-state index in [1.807, 2.05) is 24.3 Å². The lowest BCUT2D eigenvalue weighted by Gasteiger charge is -2.17. The van der Waals surface area contributed by atoms with Gasteiger partial charge in [0.25, 0.3) is 0 Å². The third-order valence-electron chi connectivity index (χ3n) is 4.71. The second-order valence-corrected chi connectivity index (χ2v) is 8.25. The van der Waals surface area contributed by atoms with E-state index < -0.39 is 10.0 Å². The Morgan fingerprint density at radius 2 is 2.12 bits per heavy atom. The molecule has 1 unspecified atom stereocenters. The molecule has 1 aliphatic heterocycles. The third-order valence-corrected chi connectivity index (χ3v) is 5.64. The van der Waals surface area contributed by atoms with Gasteiger partial charge in [0, 0.05) is 32.5 Å². The summed E-state index contributed by atoms with van der Waals surface area (Å²) in [4.78, 5) is 18.9. The van der Waals surface area contributed by atoms with Crippen LogP contribution in [0.2, 0.25) is 0 Å². The van der Waals surface area contributed by atoms with Crippen LogP contribution in [0.15, 0.2) is 24.3 Å². The van der Waals surface area contributed by atoms with Crippen LogP contribution in [0.5, 0.6) is 0 Å². The third kappa shape index (κ3) is 4.19. The van der Waals surface area contributed by atoms with Gasteiger partial charge in [0.15, 0.2) is 0 Å². The van der Waals surface area contributed by atoms with Gasteiger partial charge in [-0.1, -0.05) is 19.1 Å². The molecule has 0 saturated carbocycles. The van der Waals surface area contributed by atoms with E-state index in [4.69, 9.17) is 5.14 Å². The number of para-hydroxylation sites is 2. The Balaban J connectivity index is 1.64. The van der Waals surface area contributed by atoms with Gasteiger partial charge < -0.3 is 9.47 Å². The first-order chi connectivity index (χ1) is 11.9. The molecule has 2 N–H and O–H groups in total.